The van der Waals surface area contributed by atoms with Gasteiger partial charge >= 0.3 is 12.1 Å². The molecular formula is C18H21NO4. The lowest BCUT2D eigenvalue weighted by Crippen LogP contribution is -2.49. The van der Waals surface area contributed by atoms with Crippen LogP contribution < -0.4 is 0 Å². The monoisotopic (exact) mass is 315 g/mol. The molecule has 0 saturated carbocycles. The number of amides is 1. The van der Waals surface area contributed by atoms with E-state index in [0.717, 1.165) is 18.4 Å². The first kappa shape index (κ1) is 15.6. The van der Waals surface area contributed by atoms with Gasteiger partial charge in [0.25, 0.3) is 0 Å². The number of hydrogen-bond acceptors (Lipinski definition) is 4. The Morgan fingerprint density at radius 1 is 1.39 bits per heavy atom. The lowest BCUT2D eigenvalue weighted by molar-refractivity contribution is -0.149. The lowest BCUT2D eigenvalue weighted by atomic mass is 9.93. The van der Waals surface area contributed by atoms with Gasteiger partial charge in [0, 0.05) is 12.1 Å². The number of rotatable bonds is 3. The summed E-state index contributed by atoms with van der Waals surface area (Å²) in [5, 5.41) is 0. The second-order valence-corrected chi connectivity index (χ2v) is 6.29. The van der Waals surface area contributed by atoms with E-state index in [1.165, 1.54) is 0 Å². The molecule has 23 heavy (non-hydrogen) atoms. The van der Waals surface area contributed by atoms with E-state index in [4.69, 9.17) is 9.47 Å². The molecule has 0 spiro atoms. The Morgan fingerprint density at radius 3 is 2.78 bits per heavy atom. The summed E-state index contributed by atoms with van der Waals surface area (Å²) in [6, 6.07) is 9.41. The maximum atomic E-state index is 12.4. The molecule has 0 aromatic heterocycles. The summed E-state index contributed by atoms with van der Waals surface area (Å²) >= 11 is 0. The summed E-state index contributed by atoms with van der Waals surface area (Å²) in [5.41, 5.74) is 0.784. The highest BCUT2D eigenvalue weighted by molar-refractivity contribution is 5.91. The minimum absolute atomic E-state index is 0.174. The van der Waals surface area contributed by atoms with Crippen LogP contribution in [-0.2, 0) is 20.9 Å². The van der Waals surface area contributed by atoms with Crippen molar-refractivity contribution in [3.8, 4) is 0 Å². The van der Waals surface area contributed by atoms with Gasteiger partial charge in [0.1, 0.15) is 12.2 Å². The Labute approximate surface area is 135 Å². The van der Waals surface area contributed by atoms with E-state index in [1.54, 1.807) is 11.8 Å². The molecule has 122 valence electrons. The summed E-state index contributed by atoms with van der Waals surface area (Å²) in [7, 11) is 0. The number of carbonyl (C=O) groups is 2. The van der Waals surface area contributed by atoms with E-state index >= 15 is 0 Å². The number of likely N-dealkylation sites (tertiary alicyclic amines) is 1. The molecule has 0 unspecified atom stereocenters. The molecule has 1 amide bonds. The van der Waals surface area contributed by atoms with Gasteiger partial charge < -0.3 is 14.4 Å². The number of carbonyl (C=O) groups excluding carboxylic acids is 2. The van der Waals surface area contributed by atoms with Gasteiger partial charge in [0.2, 0.25) is 0 Å². The van der Waals surface area contributed by atoms with Gasteiger partial charge in [0.05, 0.1) is 6.04 Å². The fourth-order valence-electron chi connectivity index (χ4n) is 3.35. The van der Waals surface area contributed by atoms with Crippen LogP contribution in [-0.4, -0.2) is 35.2 Å². The van der Waals surface area contributed by atoms with Crippen LogP contribution >= 0.6 is 0 Å². The first-order valence-electron chi connectivity index (χ1n) is 7.90. The molecule has 0 bridgehead atoms. The molecule has 5 heteroatoms. The molecule has 2 heterocycles. The molecule has 2 atom stereocenters. The minimum atomic E-state index is -0.760. The average molecular weight is 315 g/mol. The van der Waals surface area contributed by atoms with Gasteiger partial charge in [-0.05, 0) is 38.3 Å². The maximum absolute atomic E-state index is 12.4. The standard InChI is InChI=1S/C18H21NO4/c1-13-11-18(2,23-16(13)20)15-9-6-10-19(15)17(21)22-12-14-7-4-3-5-8-14/h3-5,7-8,11,15H,6,9-10,12H2,1-2H3/t15-,18-/m0/s1. The summed E-state index contributed by atoms with van der Waals surface area (Å²) in [4.78, 5) is 25.8. The molecule has 0 radical (unpaired) electrons. The van der Waals surface area contributed by atoms with Crippen molar-refractivity contribution in [1.29, 1.82) is 0 Å². The molecule has 0 N–H and O–H groups in total. The molecule has 1 aromatic carbocycles. The van der Waals surface area contributed by atoms with Crippen LogP contribution in [0.3, 0.4) is 0 Å². The third-order valence-corrected chi connectivity index (χ3v) is 4.49. The third kappa shape index (κ3) is 3.09. The number of ether oxygens (including phenoxy) is 2. The summed E-state index contributed by atoms with van der Waals surface area (Å²) < 4.78 is 10.9. The molecule has 3 rings (SSSR count). The highest BCUT2D eigenvalue weighted by Crippen LogP contribution is 2.36. The van der Waals surface area contributed by atoms with E-state index in [-0.39, 0.29) is 24.7 Å². The largest absolute Gasteiger partial charge is 0.450 e. The molecule has 1 saturated heterocycles. The molecule has 5 nitrogen and oxygen atoms in total. The van der Waals surface area contributed by atoms with Crippen molar-refractivity contribution < 1.29 is 19.1 Å². The Hall–Kier alpha value is -2.30. The molecular weight excluding hydrogens is 294 g/mol. The first-order valence-corrected chi connectivity index (χ1v) is 7.90. The van der Waals surface area contributed by atoms with Gasteiger partial charge in [-0.2, -0.15) is 0 Å². The fourth-order valence-corrected chi connectivity index (χ4v) is 3.35. The van der Waals surface area contributed by atoms with E-state index < -0.39 is 5.60 Å². The Kier molecular flexibility index (Phi) is 4.11. The second-order valence-electron chi connectivity index (χ2n) is 6.29. The predicted molar refractivity (Wildman–Crippen MR) is 84.6 cm³/mol. The summed E-state index contributed by atoms with van der Waals surface area (Å²) in [6.07, 6.45) is 3.15. The average Bonchev–Trinajstić information content (AvgIpc) is 3.12. The van der Waals surface area contributed by atoms with Gasteiger partial charge in [-0.1, -0.05) is 30.3 Å². The van der Waals surface area contributed by atoms with Crippen molar-refractivity contribution in [2.45, 2.75) is 44.9 Å². The van der Waals surface area contributed by atoms with E-state index in [1.807, 2.05) is 43.3 Å². The van der Waals surface area contributed by atoms with Crippen molar-refractivity contribution in [3.63, 3.8) is 0 Å². The maximum Gasteiger partial charge on any atom is 0.410 e. The van der Waals surface area contributed by atoms with Crippen molar-refractivity contribution >= 4 is 12.1 Å². The summed E-state index contributed by atoms with van der Waals surface area (Å²) in [6.45, 7) is 4.46. The molecule has 1 aromatic rings. The lowest BCUT2D eigenvalue weighted by Gasteiger charge is -2.34. The third-order valence-electron chi connectivity index (χ3n) is 4.49. The van der Waals surface area contributed by atoms with Crippen LogP contribution in [0.5, 0.6) is 0 Å². The van der Waals surface area contributed by atoms with Crippen molar-refractivity contribution in [2.24, 2.45) is 0 Å². The van der Waals surface area contributed by atoms with E-state index in [9.17, 15) is 9.59 Å². The van der Waals surface area contributed by atoms with Crippen molar-refractivity contribution in [2.75, 3.05) is 6.54 Å². The quantitative estimate of drug-likeness (QED) is 0.805. The van der Waals surface area contributed by atoms with E-state index in [0.29, 0.717) is 12.1 Å². The smallest absolute Gasteiger partial charge is 0.410 e. The van der Waals surface area contributed by atoms with Crippen LogP contribution in [0.25, 0.3) is 0 Å². The van der Waals surface area contributed by atoms with Crippen molar-refractivity contribution in [3.05, 3.63) is 47.5 Å². The number of cyclic esters (lactones) is 1. The molecule has 0 aliphatic carbocycles. The van der Waals surface area contributed by atoms with Crippen LogP contribution in [0.4, 0.5) is 4.79 Å². The van der Waals surface area contributed by atoms with Gasteiger partial charge in [-0.3, -0.25) is 0 Å². The van der Waals surface area contributed by atoms with Crippen LogP contribution in [0.1, 0.15) is 32.3 Å². The van der Waals surface area contributed by atoms with E-state index in [2.05, 4.69) is 0 Å². The Bertz CT molecular complexity index is 640. The SMILES string of the molecule is CC1=C[C@@](C)([C@@H]2CCCN2C(=O)OCc2ccccc2)OC1=O. The molecule has 1 fully saturated rings. The number of esters is 1. The summed E-state index contributed by atoms with van der Waals surface area (Å²) in [5.74, 6) is -0.308. The van der Waals surface area contributed by atoms with Gasteiger partial charge in [0.15, 0.2) is 0 Å². The number of nitrogens with zero attached hydrogens (tertiary/aromatic N) is 1. The topological polar surface area (TPSA) is 55.8 Å². The number of hydrogen-bond donors (Lipinski definition) is 0. The van der Waals surface area contributed by atoms with Gasteiger partial charge in [-0.15, -0.1) is 0 Å². The highest BCUT2D eigenvalue weighted by atomic mass is 16.6. The zero-order valence-electron chi connectivity index (χ0n) is 13.5. The fraction of sp³-hybridized carbons (Fsp3) is 0.444. The second kappa shape index (κ2) is 6.07. The normalized spacial score (nSPS) is 26.9. The molecule has 2 aliphatic rings. The number of benzene rings is 1. The zero-order chi connectivity index (χ0) is 16.4. The van der Waals surface area contributed by atoms with Crippen molar-refractivity contribution in [1.82, 2.24) is 4.90 Å². The highest BCUT2D eigenvalue weighted by Gasteiger charge is 2.48. The zero-order valence-corrected chi connectivity index (χ0v) is 13.5. The Morgan fingerprint density at radius 2 is 2.13 bits per heavy atom. The van der Waals surface area contributed by atoms with Crippen LogP contribution in [0.2, 0.25) is 0 Å². The van der Waals surface area contributed by atoms with Crippen LogP contribution in [0.15, 0.2) is 42.0 Å². The predicted octanol–water partition coefficient (Wildman–Crippen LogP) is 3.05. The molecule has 2 aliphatic heterocycles. The van der Waals surface area contributed by atoms with Crippen LogP contribution in [0, 0.1) is 0 Å². The van der Waals surface area contributed by atoms with Gasteiger partial charge in [-0.25, -0.2) is 9.59 Å². The minimum Gasteiger partial charge on any atom is -0.450 e. The first-order chi connectivity index (χ1) is 11.0. The Balaban J connectivity index is 1.67.